The topological polar surface area (TPSA) is 46.2 Å². The summed E-state index contributed by atoms with van der Waals surface area (Å²) in [5, 5.41) is 0. The Morgan fingerprint density at radius 1 is 1.30 bits per heavy atom. The summed E-state index contributed by atoms with van der Waals surface area (Å²) in [4.78, 5) is 0.352. The molecule has 0 amide bonds. The third kappa shape index (κ3) is 0.623. The van der Waals surface area contributed by atoms with Gasteiger partial charge in [0.2, 0.25) is 0 Å². The fourth-order valence-electron chi connectivity index (χ4n) is 0.941. The molecule has 0 unspecified atom stereocenters. The van der Waals surface area contributed by atoms with Crippen LogP contribution in [-0.2, 0) is 10.0 Å². The molecule has 1 aromatic carbocycles. The maximum Gasteiger partial charge on any atom is 0.261 e. The molecule has 0 fully saturated rings. The van der Waals surface area contributed by atoms with Gasteiger partial charge in [0.15, 0.2) is 0 Å². The number of benzene rings is 1. The van der Waals surface area contributed by atoms with Gasteiger partial charge in [-0.1, -0.05) is 6.07 Å². The SMILES string of the molecule is O=S1(=O)Nc2cccc1c2. The van der Waals surface area contributed by atoms with Crippen LogP contribution in [0.5, 0.6) is 0 Å². The fourth-order valence-corrected chi connectivity index (χ4v) is 2.04. The Balaban J connectivity index is 2.81. The minimum atomic E-state index is -3.17. The molecule has 0 atom stereocenters. The van der Waals surface area contributed by atoms with Crippen molar-refractivity contribution >= 4 is 15.7 Å². The number of hydrogen-bond acceptors (Lipinski definition) is 2. The molecular weight excluding hydrogens is 150 g/mol. The van der Waals surface area contributed by atoms with Crippen molar-refractivity contribution in [1.82, 2.24) is 0 Å². The largest absolute Gasteiger partial charge is 0.280 e. The Morgan fingerprint density at radius 3 is 2.70 bits per heavy atom. The van der Waals surface area contributed by atoms with Crippen LogP contribution in [-0.4, -0.2) is 8.42 Å². The van der Waals surface area contributed by atoms with Crippen LogP contribution in [0, 0.1) is 0 Å². The highest BCUT2D eigenvalue weighted by Gasteiger charge is 2.20. The number of anilines is 1. The second-order valence-electron chi connectivity index (χ2n) is 2.13. The van der Waals surface area contributed by atoms with Crippen molar-refractivity contribution in [2.45, 2.75) is 4.90 Å². The number of hydrogen-bond donors (Lipinski definition) is 1. The second kappa shape index (κ2) is 1.52. The van der Waals surface area contributed by atoms with E-state index in [1.807, 2.05) is 0 Å². The lowest BCUT2D eigenvalue weighted by atomic mass is 10.3. The molecule has 1 N–H and O–H groups in total. The van der Waals surface area contributed by atoms with Crippen molar-refractivity contribution in [1.29, 1.82) is 0 Å². The smallest absolute Gasteiger partial charge is 0.261 e. The molecule has 0 saturated carbocycles. The number of fused-ring (bicyclic) bond motifs is 2. The summed E-state index contributed by atoms with van der Waals surface area (Å²) >= 11 is 0. The van der Waals surface area contributed by atoms with Crippen LogP contribution in [0.25, 0.3) is 0 Å². The molecule has 1 aliphatic heterocycles. The Morgan fingerprint density at radius 2 is 2.10 bits per heavy atom. The van der Waals surface area contributed by atoms with Gasteiger partial charge in [-0.2, -0.15) is 0 Å². The van der Waals surface area contributed by atoms with Crippen LogP contribution in [0.3, 0.4) is 0 Å². The van der Waals surface area contributed by atoms with Gasteiger partial charge in [0.1, 0.15) is 0 Å². The van der Waals surface area contributed by atoms with Gasteiger partial charge in [-0.25, -0.2) is 8.42 Å². The van der Waals surface area contributed by atoms with E-state index in [1.54, 1.807) is 24.3 Å². The van der Waals surface area contributed by atoms with Gasteiger partial charge >= 0.3 is 0 Å². The van der Waals surface area contributed by atoms with Gasteiger partial charge < -0.3 is 0 Å². The molecule has 4 heteroatoms. The molecule has 0 aliphatic carbocycles. The Labute approximate surface area is 58.7 Å². The molecule has 10 heavy (non-hydrogen) atoms. The van der Waals surface area contributed by atoms with E-state index in [0.717, 1.165) is 0 Å². The van der Waals surface area contributed by atoms with Crippen LogP contribution < -0.4 is 4.72 Å². The first kappa shape index (κ1) is 5.73. The highest BCUT2D eigenvalue weighted by Crippen LogP contribution is 2.24. The molecule has 1 aliphatic rings. The number of nitrogens with one attached hydrogen (secondary N) is 1. The molecule has 0 aromatic heterocycles. The normalized spacial score (nSPS) is 18.4. The van der Waals surface area contributed by atoms with Crippen LogP contribution in [0.2, 0.25) is 0 Å². The lowest BCUT2D eigenvalue weighted by Gasteiger charge is -1.91. The van der Waals surface area contributed by atoms with Crippen LogP contribution in [0.4, 0.5) is 5.69 Å². The van der Waals surface area contributed by atoms with Crippen molar-refractivity contribution in [3.63, 3.8) is 0 Å². The van der Waals surface area contributed by atoms with Crippen molar-refractivity contribution in [3.05, 3.63) is 24.3 Å². The lowest BCUT2D eigenvalue weighted by molar-refractivity contribution is 0.603. The minimum Gasteiger partial charge on any atom is -0.280 e. The summed E-state index contributed by atoms with van der Waals surface area (Å²) in [6.45, 7) is 0. The standard InChI is InChI=1S/C6H5NO2S/c8-10(9)6-3-1-2-5(4-6)7-10/h1-4,7H. The monoisotopic (exact) mass is 155 g/mol. The quantitative estimate of drug-likeness (QED) is 0.602. The summed E-state index contributed by atoms with van der Waals surface area (Å²) in [5.41, 5.74) is 0.650. The summed E-state index contributed by atoms with van der Waals surface area (Å²) < 4.78 is 24.3. The first-order chi connectivity index (χ1) is 4.68. The zero-order valence-electron chi connectivity index (χ0n) is 5.03. The van der Waals surface area contributed by atoms with Crippen molar-refractivity contribution in [2.75, 3.05) is 4.72 Å². The van der Waals surface area contributed by atoms with E-state index in [-0.39, 0.29) is 0 Å². The Bertz CT molecular complexity index is 369. The third-order valence-electron chi connectivity index (χ3n) is 1.40. The molecule has 1 aromatic rings. The zero-order valence-corrected chi connectivity index (χ0v) is 5.85. The van der Waals surface area contributed by atoms with Crippen LogP contribution >= 0.6 is 0 Å². The predicted molar refractivity (Wildman–Crippen MR) is 37.3 cm³/mol. The first-order valence-electron chi connectivity index (χ1n) is 2.81. The van der Waals surface area contributed by atoms with E-state index in [0.29, 0.717) is 10.6 Å². The summed E-state index contributed by atoms with van der Waals surface area (Å²) in [6, 6.07) is 6.60. The van der Waals surface area contributed by atoms with Crippen molar-refractivity contribution in [3.8, 4) is 0 Å². The third-order valence-corrected chi connectivity index (χ3v) is 2.78. The predicted octanol–water partition coefficient (Wildman–Crippen LogP) is 0.801. The van der Waals surface area contributed by atoms with E-state index in [1.165, 1.54) is 0 Å². The highest BCUT2D eigenvalue weighted by atomic mass is 32.2. The number of rotatable bonds is 0. The maximum atomic E-state index is 11.0. The highest BCUT2D eigenvalue weighted by molar-refractivity contribution is 7.93. The maximum absolute atomic E-state index is 11.0. The van der Waals surface area contributed by atoms with Gasteiger partial charge in [-0.05, 0) is 18.2 Å². The van der Waals surface area contributed by atoms with E-state index in [9.17, 15) is 8.42 Å². The van der Waals surface area contributed by atoms with E-state index in [2.05, 4.69) is 4.72 Å². The molecule has 0 saturated heterocycles. The summed E-state index contributed by atoms with van der Waals surface area (Å²) in [7, 11) is -3.17. The van der Waals surface area contributed by atoms with Gasteiger partial charge in [0, 0.05) is 0 Å². The molecule has 1 heterocycles. The summed E-state index contributed by atoms with van der Waals surface area (Å²) in [5.74, 6) is 0. The molecule has 0 spiro atoms. The summed E-state index contributed by atoms with van der Waals surface area (Å²) in [6.07, 6.45) is 0. The molecule has 3 nitrogen and oxygen atoms in total. The van der Waals surface area contributed by atoms with Crippen LogP contribution in [0.15, 0.2) is 29.2 Å². The molecule has 0 radical (unpaired) electrons. The molecule has 2 bridgehead atoms. The van der Waals surface area contributed by atoms with E-state index >= 15 is 0 Å². The van der Waals surface area contributed by atoms with Crippen molar-refractivity contribution in [2.24, 2.45) is 0 Å². The Kier molecular flexibility index (Phi) is 0.870. The van der Waals surface area contributed by atoms with Crippen LogP contribution in [0.1, 0.15) is 0 Å². The first-order valence-corrected chi connectivity index (χ1v) is 4.30. The number of sulfonamides is 1. The van der Waals surface area contributed by atoms with E-state index in [4.69, 9.17) is 0 Å². The average molecular weight is 155 g/mol. The van der Waals surface area contributed by atoms with Gasteiger partial charge in [-0.3, -0.25) is 4.72 Å². The molecule has 52 valence electrons. The van der Waals surface area contributed by atoms with E-state index < -0.39 is 10.0 Å². The van der Waals surface area contributed by atoms with Gasteiger partial charge in [0.05, 0.1) is 10.6 Å². The average Bonchev–Trinajstić information content (AvgIpc) is 2.04. The lowest BCUT2D eigenvalue weighted by Crippen LogP contribution is -2.04. The zero-order chi connectivity index (χ0) is 7.19. The molecular formula is C6H5NO2S. The van der Waals surface area contributed by atoms with Gasteiger partial charge in [0.25, 0.3) is 10.0 Å². The Hall–Kier alpha value is -1.03. The fraction of sp³-hybridized carbons (Fsp3) is 0. The molecule has 2 rings (SSSR count). The second-order valence-corrected chi connectivity index (χ2v) is 3.82. The van der Waals surface area contributed by atoms with Gasteiger partial charge in [-0.15, -0.1) is 0 Å². The van der Waals surface area contributed by atoms with Crippen molar-refractivity contribution < 1.29 is 8.42 Å². The minimum absolute atomic E-state index is 0.352.